The van der Waals surface area contributed by atoms with Gasteiger partial charge in [0.05, 0.1) is 0 Å². The molecule has 0 aliphatic heterocycles. The molecule has 0 spiro atoms. The molecule has 0 saturated heterocycles. The Morgan fingerprint density at radius 3 is 2.29 bits per heavy atom. The van der Waals surface area contributed by atoms with E-state index in [-0.39, 0.29) is 0 Å². The number of benzene rings is 2. The molecule has 2 aromatic carbocycles. The third-order valence-electron chi connectivity index (χ3n) is 3.94. The number of aryl methyl sites for hydroxylation is 2. The second-order valence-electron chi connectivity index (χ2n) is 5.78. The van der Waals surface area contributed by atoms with Crippen LogP contribution in [0, 0.1) is 13.8 Å². The van der Waals surface area contributed by atoms with E-state index in [2.05, 4.69) is 63.3 Å². The van der Waals surface area contributed by atoms with Gasteiger partial charge in [0.2, 0.25) is 0 Å². The van der Waals surface area contributed by atoms with Gasteiger partial charge in [0.15, 0.2) is 0 Å². The highest BCUT2D eigenvalue weighted by Gasteiger charge is 2.07. The lowest BCUT2D eigenvalue weighted by molar-refractivity contribution is 0.565. The fourth-order valence-electron chi connectivity index (χ4n) is 2.60. The molecule has 2 rings (SSSR count). The van der Waals surface area contributed by atoms with E-state index in [1.54, 1.807) is 0 Å². The minimum Gasteiger partial charge on any atom is -0.314 e. The summed E-state index contributed by atoms with van der Waals surface area (Å²) < 4.78 is 0. The largest absolute Gasteiger partial charge is 0.314 e. The number of likely N-dealkylation sites (N-methyl/N-ethyl adjacent to an activating group) is 1. The molecule has 2 heteroatoms. The van der Waals surface area contributed by atoms with Gasteiger partial charge in [-0.05, 0) is 68.1 Å². The summed E-state index contributed by atoms with van der Waals surface area (Å²) in [4.78, 5) is 0. The number of halogens is 1. The van der Waals surface area contributed by atoms with Crippen molar-refractivity contribution < 1.29 is 0 Å². The summed E-state index contributed by atoms with van der Waals surface area (Å²) in [5, 5.41) is 4.27. The molecular formula is C19H24ClN. The zero-order chi connectivity index (χ0) is 15.4. The standard InChI is InChI=1S/C19H24ClN/c1-5-21-15(4)12-16-6-8-17(9-7-16)18-10-13(2)14(3)11-19(18)20/h6-11,15,21H,5,12H2,1-4H3. The Morgan fingerprint density at radius 2 is 1.67 bits per heavy atom. The molecule has 0 bridgehead atoms. The third-order valence-corrected chi connectivity index (χ3v) is 4.26. The van der Waals surface area contributed by atoms with Crippen LogP contribution in [0.2, 0.25) is 5.02 Å². The molecule has 1 unspecified atom stereocenters. The van der Waals surface area contributed by atoms with Crippen LogP contribution >= 0.6 is 11.6 Å². The zero-order valence-corrected chi connectivity index (χ0v) is 14.1. The van der Waals surface area contributed by atoms with E-state index in [1.165, 1.54) is 22.3 Å². The average Bonchev–Trinajstić information content (AvgIpc) is 2.44. The topological polar surface area (TPSA) is 12.0 Å². The lowest BCUT2D eigenvalue weighted by Gasteiger charge is -2.13. The van der Waals surface area contributed by atoms with Crippen molar-refractivity contribution in [2.24, 2.45) is 0 Å². The van der Waals surface area contributed by atoms with Crippen LogP contribution in [0.25, 0.3) is 11.1 Å². The van der Waals surface area contributed by atoms with Gasteiger partial charge in [-0.3, -0.25) is 0 Å². The van der Waals surface area contributed by atoms with Crippen molar-refractivity contribution in [3.63, 3.8) is 0 Å². The SMILES string of the molecule is CCNC(C)Cc1ccc(-c2cc(C)c(C)cc2Cl)cc1. The molecule has 112 valence electrons. The molecule has 1 atom stereocenters. The molecule has 0 aliphatic carbocycles. The maximum atomic E-state index is 6.39. The highest BCUT2D eigenvalue weighted by Crippen LogP contribution is 2.30. The molecule has 0 heterocycles. The van der Waals surface area contributed by atoms with Gasteiger partial charge in [-0.1, -0.05) is 42.8 Å². The van der Waals surface area contributed by atoms with Gasteiger partial charge in [-0.25, -0.2) is 0 Å². The molecule has 1 N–H and O–H groups in total. The summed E-state index contributed by atoms with van der Waals surface area (Å²) >= 11 is 6.39. The Labute approximate surface area is 133 Å². The van der Waals surface area contributed by atoms with Crippen molar-refractivity contribution in [1.82, 2.24) is 5.32 Å². The second kappa shape index (κ2) is 7.11. The monoisotopic (exact) mass is 301 g/mol. The van der Waals surface area contributed by atoms with Crippen LogP contribution in [0.1, 0.15) is 30.5 Å². The third kappa shape index (κ3) is 4.09. The van der Waals surface area contributed by atoms with Crippen LogP contribution in [0.3, 0.4) is 0 Å². The Hall–Kier alpha value is -1.31. The van der Waals surface area contributed by atoms with Crippen LogP contribution in [0.5, 0.6) is 0 Å². The smallest absolute Gasteiger partial charge is 0.0487 e. The van der Waals surface area contributed by atoms with Crippen LogP contribution in [-0.4, -0.2) is 12.6 Å². The summed E-state index contributed by atoms with van der Waals surface area (Å²) in [7, 11) is 0. The summed E-state index contributed by atoms with van der Waals surface area (Å²) in [6, 6.07) is 13.5. The first-order valence-electron chi connectivity index (χ1n) is 7.60. The Balaban J connectivity index is 2.21. The fourth-order valence-corrected chi connectivity index (χ4v) is 2.92. The van der Waals surface area contributed by atoms with Crippen molar-refractivity contribution in [2.75, 3.05) is 6.54 Å². The van der Waals surface area contributed by atoms with Crippen molar-refractivity contribution in [2.45, 2.75) is 40.2 Å². The number of hydrogen-bond donors (Lipinski definition) is 1. The summed E-state index contributed by atoms with van der Waals surface area (Å²) in [5.74, 6) is 0. The van der Waals surface area contributed by atoms with E-state index in [9.17, 15) is 0 Å². The van der Waals surface area contributed by atoms with Crippen molar-refractivity contribution in [3.8, 4) is 11.1 Å². The molecule has 21 heavy (non-hydrogen) atoms. The molecule has 0 aromatic heterocycles. The van der Waals surface area contributed by atoms with Crippen molar-refractivity contribution in [1.29, 1.82) is 0 Å². The first-order valence-corrected chi connectivity index (χ1v) is 7.98. The summed E-state index contributed by atoms with van der Waals surface area (Å²) in [5.41, 5.74) is 6.17. The van der Waals surface area contributed by atoms with E-state index in [1.807, 2.05) is 6.07 Å². The van der Waals surface area contributed by atoms with Crippen LogP contribution in [-0.2, 0) is 6.42 Å². The summed E-state index contributed by atoms with van der Waals surface area (Å²) in [6.45, 7) is 9.59. The highest BCUT2D eigenvalue weighted by molar-refractivity contribution is 6.33. The summed E-state index contributed by atoms with van der Waals surface area (Å²) in [6.07, 6.45) is 1.05. The molecule has 1 nitrogen and oxygen atoms in total. The van der Waals surface area contributed by atoms with E-state index in [0.717, 1.165) is 23.6 Å². The zero-order valence-electron chi connectivity index (χ0n) is 13.3. The van der Waals surface area contributed by atoms with Gasteiger partial charge in [-0.2, -0.15) is 0 Å². The lowest BCUT2D eigenvalue weighted by Crippen LogP contribution is -2.27. The average molecular weight is 302 g/mol. The van der Waals surface area contributed by atoms with Crippen LogP contribution in [0.15, 0.2) is 36.4 Å². The second-order valence-corrected chi connectivity index (χ2v) is 6.18. The lowest BCUT2D eigenvalue weighted by atomic mass is 9.98. The van der Waals surface area contributed by atoms with Crippen LogP contribution < -0.4 is 5.32 Å². The predicted molar refractivity (Wildman–Crippen MR) is 93.2 cm³/mol. The first-order chi connectivity index (χ1) is 10.0. The Morgan fingerprint density at radius 1 is 1.05 bits per heavy atom. The van der Waals surface area contributed by atoms with Gasteiger partial charge in [0.1, 0.15) is 0 Å². The van der Waals surface area contributed by atoms with Crippen molar-refractivity contribution >= 4 is 11.6 Å². The molecule has 2 aromatic rings. The van der Waals surface area contributed by atoms with E-state index >= 15 is 0 Å². The minimum atomic E-state index is 0.506. The molecular weight excluding hydrogens is 278 g/mol. The number of hydrogen-bond acceptors (Lipinski definition) is 1. The number of nitrogens with one attached hydrogen (secondary N) is 1. The van der Waals surface area contributed by atoms with E-state index < -0.39 is 0 Å². The predicted octanol–water partition coefficient (Wildman–Crippen LogP) is 5.16. The molecule has 0 radical (unpaired) electrons. The Kier molecular flexibility index (Phi) is 5.44. The van der Waals surface area contributed by atoms with Crippen LogP contribution in [0.4, 0.5) is 0 Å². The van der Waals surface area contributed by atoms with Gasteiger partial charge >= 0.3 is 0 Å². The van der Waals surface area contributed by atoms with Gasteiger partial charge in [0.25, 0.3) is 0 Å². The quantitative estimate of drug-likeness (QED) is 0.804. The van der Waals surface area contributed by atoms with E-state index in [0.29, 0.717) is 6.04 Å². The molecule has 0 amide bonds. The minimum absolute atomic E-state index is 0.506. The van der Waals surface area contributed by atoms with E-state index in [4.69, 9.17) is 11.6 Å². The van der Waals surface area contributed by atoms with Gasteiger partial charge in [0, 0.05) is 16.6 Å². The van der Waals surface area contributed by atoms with Crippen molar-refractivity contribution in [3.05, 3.63) is 58.1 Å². The van der Waals surface area contributed by atoms with Gasteiger partial charge in [-0.15, -0.1) is 0 Å². The first kappa shape index (κ1) is 16.1. The molecule has 0 fully saturated rings. The highest BCUT2D eigenvalue weighted by atomic mass is 35.5. The maximum absolute atomic E-state index is 6.39. The molecule has 0 saturated carbocycles. The fraction of sp³-hybridized carbons (Fsp3) is 0.368. The Bertz CT molecular complexity index is 602. The molecule has 0 aliphatic rings. The number of rotatable bonds is 5. The maximum Gasteiger partial charge on any atom is 0.0487 e. The normalized spacial score (nSPS) is 12.4. The van der Waals surface area contributed by atoms with Gasteiger partial charge < -0.3 is 5.32 Å².